The predicted molar refractivity (Wildman–Crippen MR) is 61.2 cm³/mol. The Morgan fingerprint density at radius 1 is 1.62 bits per heavy atom. The number of nitrogens with one attached hydrogen (secondary N) is 2. The van der Waals surface area contributed by atoms with Crippen LogP contribution in [0.1, 0.15) is 44.4 Å². The number of aromatic nitrogens is 3. The van der Waals surface area contributed by atoms with Crippen molar-refractivity contribution in [2.45, 2.75) is 45.2 Å². The van der Waals surface area contributed by atoms with Crippen LogP contribution in [-0.2, 0) is 11.2 Å². The largest absolute Gasteiger partial charge is 0.380 e. The summed E-state index contributed by atoms with van der Waals surface area (Å²) >= 11 is 0. The molecule has 5 heteroatoms. The van der Waals surface area contributed by atoms with Crippen LogP contribution >= 0.6 is 0 Å². The van der Waals surface area contributed by atoms with Crippen LogP contribution in [0.15, 0.2) is 0 Å². The molecule has 0 saturated carbocycles. The second kappa shape index (κ2) is 5.41. The summed E-state index contributed by atoms with van der Waals surface area (Å²) < 4.78 is 5.43. The quantitative estimate of drug-likeness (QED) is 0.806. The molecule has 0 aliphatic carbocycles. The van der Waals surface area contributed by atoms with E-state index in [-0.39, 0.29) is 6.04 Å². The molecule has 2 unspecified atom stereocenters. The highest BCUT2D eigenvalue weighted by atomic mass is 16.5. The highest BCUT2D eigenvalue weighted by Gasteiger charge is 2.18. The van der Waals surface area contributed by atoms with Gasteiger partial charge < -0.3 is 10.1 Å². The van der Waals surface area contributed by atoms with Gasteiger partial charge in [0, 0.05) is 19.1 Å². The Kier molecular flexibility index (Phi) is 3.90. The topological polar surface area (TPSA) is 62.8 Å². The van der Waals surface area contributed by atoms with Crippen molar-refractivity contribution in [2.24, 2.45) is 0 Å². The first-order valence-electron chi connectivity index (χ1n) is 6.04. The van der Waals surface area contributed by atoms with Crippen LogP contribution in [0.5, 0.6) is 0 Å². The van der Waals surface area contributed by atoms with E-state index >= 15 is 0 Å². The second-order valence-corrected chi connectivity index (χ2v) is 4.30. The monoisotopic (exact) mass is 224 g/mol. The Labute approximate surface area is 96.0 Å². The van der Waals surface area contributed by atoms with Crippen LogP contribution in [0, 0.1) is 0 Å². The fourth-order valence-corrected chi connectivity index (χ4v) is 1.96. The molecule has 1 aromatic rings. The molecule has 16 heavy (non-hydrogen) atoms. The summed E-state index contributed by atoms with van der Waals surface area (Å²) in [6.45, 7) is 5.86. The zero-order chi connectivity index (χ0) is 11.4. The molecule has 2 atom stereocenters. The maximum atomic E-state index is 5.43. The minimum Gasteiger partial charge on any atom is -0.380 e. The summed E-state index contributed by atoms with van der Waals surface area (Å²) in [5.41, 5.74) is 0. The minimum atomic E-state index is 0.184. The van der Waals surface area contributed by atoms with E-state index in [1.165, 1.54) is 6.42 Å². The number of nitrogens with zero attached hydrogens (tertiary/aromatic N) is 2. The molecule has 1 aromatic heterocycles. The average molecular weight is 224 g/mol. The van der Waals surface area contributed by atoms with Gasteiger partial charge in [0.2, 0.25) is 0 Å². The van der Waals surface area contributed by atoms with E-state index in [0.29, 0.717) is 6.04 Å². The Bertz CT molecular complexity index is 320. The third-order valence-corrected chi connectivity index (χ3v) is 2.92. The van der Waals surface area contributed by atoms with Crippen LogP contribution in [0.3, 0.4) is 0 Å². The number of aryl methyl sites for hydroxylation is 1. The van der Waals surface area contributed by atoms with E-state index in [4.69, 9.17) is 4.74 Å². The molecule has 1 aliphatic heterocycles. The first-order valence-corrected chi connectivity index (χ1v) is 6.04. The normalized spacial score (nSPS) is 23.2. The fraction of sp³-hybridized carbons (Fsp3) is 0.818. The van der Waals surface area contributed by atoms with Crippen molar-refractivity contribution in [2.75, 3.05) is 13.2 Å². The van der Waals surface area contributed by atoms with Gasteiger partial charge >= 0.3 is 0 Å². The van der Waals surface area contributed by atoms with Gasteiger partial charge in [0.25, 0.3) is 0 Å². The molecule has 1 fully saturated rings. The van der Waals surface area contributed by atoms with Crippen molar-refractivity contribution in [1.82, 2.24) is 20.5 Å². The van der Waals surface area contributed by atoms with Gasteiger partial charge in [-0.1, -0.05) is 6.92 Å². The third-order valence-electron chi connectivity index (χ3n) is 2.92. The molecule has 5 nitrogen and oxygen atoms in total. The van der Waals surface area contributed by atoms with Crippen LogP contribution in [-0.4, -0.2) is 34.4 Å². The lowest BCUT2D eigenvalue weighted by Gasteiger charge is -2.25. The first-order chi connectivity index (χ1) is 7.79. The lowest BCUT2D eigenvalue weighted by atomic mass is 10.1. The summed E-state index contributed by atoms with van der Waals surface area (Å²) in [5.74, 6) is 1.80. The van der Waals surface area contributed by atoms with Gasteiger partial charge in [0.15, 0.2) is 5.82 Å². The summed E-state index contributed by atoms with van der Waals surface area (Å²) in [5, 5.41) is 10.7. The van der Waals surface area contributed by atoms with Crippen molar-refractivity contribution in [3.05, 3.63) is 11.6 Å². The standard InChI is InChI=1S/C11H20N4O/c1-3-10-13-11(15-14-10)8(2)12-9-5-4-6-16-7-9/h8-9,12H,3-7H2,1-2H3,(H,13,14,15). The average Bonchev–Trinajstić information content (AvgIpc) is 2.79. The summed E-state index contributed by atoms with van der Waals surface area (Å²) in [4.78, 5) is 4.42. The van der Waals surface area contributed by atoms with Gasteiger partial charge in [-0.2, -0.15) is 5.10 Å². The summed E-state index contributed by atoms with van der Waals surface area (Å²) in [6, 6.07) is 0.621. The van der Waals surface area contributed by atoms with Crippen molar-refractivity contribution in [1.29, 1.82) is 0 Å². The number of hydrogen-bond donors (Lipinski definition) is 2. The molecule has 0 aromatic carbocycles. The Morgan fingerprint density at radius 3 is 3.12 bits per heavy atom. The van der Waals surface area contributed by atoms with Gasteiger partial charge in [0.1, 0.15) is 5.82 Å². The third kappa shape index (κ3) is 2.80. The molecule has 2 N–H and O–H groups in total. The Balaban J connectivity index is 1.88. The lowest BCUT2D eigenvalue weighted by molar-refractivity contribution is 0.0667. The van der Waals surface area contributed by atoms with Gasteiger partial charge in [-0.05, 0) is 19.8 Å². The van der Waals surface area contributed by atoms with Crippen molar-refractivity contribution in [3.8, 4) is 0 Å². The van der Waals surface area contributed by atoms with E-state index in [2.05, 4.69) is 34.3 Å². The predicted octanol–water partition coefficient (Wildman–Crippen LogP) is 1.20. The molecule has 0 amide bonds. The van der Waals surface area contributed by atoms with E-state index in [1.54, 1.807) is 0 Å². The van der Waals surface area contributed by atoms with Crippen LogP contribution in [0.2, 0.25) is 0 Å². The molecule has 1 saturated heterocycles. The Hall–Kier alpha value is -0.940. The highest BCUT2D eigenvalue weighted by molar-refractivity contribution is 4.96. The van der Waals surface area contributed by atoms with Crippen molar-refractivity contribution >= 4 is 0 Å². The summed E-state index contributed by atoms with van der Waals surface area (Å²) in [6.07, 6.45) is 3.21. The second-order valence-electron chi connectivity index (χ2n) is 4.30. The van der Waals surface area contributed by atoms with Crippen molar-refractivity contribution in [3.63, 3.8) is 0 Å². The fourth-order valence-electron chi connectivity index (χ4n) is 1.96. The zero-order valence-corrected chi connectivity index (χ0v) is 9.99. The number of hydrogen-bond acceptors (Lipinski definition) is 4. The number of ether oxygens (including phenoxy) is 1. The number of H-pyrrole nitrogens is 1. The van der Waals surface area contributed by atoms with E-state index in [1.807, 2.05) is 0 Å². The van der Waals surface area contributed by atoms with Crippen LogP contribution in [0.25, 0.3) is 0 Å². The van der Waals surface area contributed by atoms with Gasteiger partial charge in [-0.15, -0.1) is 0 Å². The molecule has 0 bridgehead atoms. The zero-order valence-electron chi connectivity index (χ0n) is 9.99. The molecule has 90 valence electrons. The van der Waals surface area contributed by atoms with Gasteiger partial charge in [-0.25, -0.2) is 4.98 Å². The first kappa shape index (κ1) is 11.5. The Morgan fingerprint density at radius 2 is 2.50 bits per heavy atom. The molecule has 2 rings (SSSR count). The van der Waals surface area contributed by atoms with E-state index in [9.17, 15) is 0 Å². The van der Waals surface area contributed by atoms with Crippen LogP contribution < -0.4 is 5.32 Å². The maximum absolute atomic E-state index is 5.43. The summed E-state index contributed by atoms with van der Waals surface area (Å²) in [7, 11) is 0. The number of aromatic amines is 1. The number of rotatable bonds is 4. The molecule has 1 aliphatic rings. The molecule has 0 radical (unpaired) electrons. The lowest BCUT2D eigenvalue weighted by Crippen LogP contribution is -2.38. The molecular weight excluding hydrogens is 204 g/mol. The molecule has 0 spiro atoms. The molecular formula is C11H20N4O. The van der Waals surface area contributed by atoms with Gasteiger partial charge in [0.05, 0.1) is 12.6 Å². The highest BCUT2D eigenvalue weighted by Crippen LogP contribution is 2.12. The van der Waals surface area contributed by atoms with Crippen LogP contribution in [0.4, 0.5) is 0 Å². The SMILES string of the molecule is CCc1nc(C(C)NC2CCCOC2)n[nH]1. The molecule has 2 heterocycles. The van der Waals surface area contributed by atoms with Crippen molar-refractivity contribution < 1.29 is 4.74 Å². The van der Waals surface area contributed by atoms with E-state index < -0.39 is 0 Å². The minimum absolute atomic E-state index is 0.184. The smallest absolute Gasteiger partial charge is 0.167 e. The van der Waals surface area contributed by atoms with Gasteiger partial charge in [-0.3, -0.25) is 5.10 Å². The maximum Gasteiger partial charge on any atom is 0.167 e. The van der Waals surface area contributed by atoms with E-state index in [0.717, 1.165) is 37.7 Å².